The van der Waals surface area contributed by atoms with Crippen molar-refractivity contribution in [2.75, 3.05) is 6.54 Å². The Hall–Kier alpha value is -1.62. The normalized spacial score (nSPS) is 20.0. The molecular weight excluding hydrogens is 262 g/mol. The van der Waals surface area contributed by atoms with Gasteiger partial charge in [0.05, 0.1) is 18.4 Å². The molecule has 21 heavy (non-hydrogen) atoms. The molecule has 2 aromatic heterocycles. The van der Waals surface area contributed by atoms with E-state index in [4.69, 9.17) is 0 Å². The summed E-state index contributed by atoms with van der Waals surface area (Å²) in [5.74, 6) is 0. The van der Waals surface area contributed by atoms with Crippen molar-refractivity contribution >= 4 is 0 Å². The average molecular weight is 287 g/mol. The number of aryl methyl sites for hydroxylation is 3. The van der Waals surface area contributed by atoms with Crippen molar-refractivity contribution in [2.24, 2.45) is 7.05 Å². The van der Waals surface area contributed by atoms with Crippen molar-refractivity contribution in [1.29, 1.82) is 0 Å². The lowest BCUT2D eigenvalue weighted by molar-refractivity contribution is 0.121. The van der Waals surface area contributed by atoms with E-state index in [1.807, 2.05) is 17.9 Å². The number of hydrogen-bond donors (Lipinski definition) is 0. The number of aromatic nitrogens is 4. The Bertz CT molecular complexity index is 598. The Morgan fingerprint density at radius 1 is 1.29 bits per heavy atom. The second kappa shape index (κ2) is 6.02. The van der Waals surface area contributed by atoms with E-state index < -0.39 is 0 Å². The summed E-state index contributed by atoms with van der Waals surface area (Å²) in [4.78, 5) is 2.59. The summed E-state index contributed by atoms with van der Waals surface area (Å²) >= 11 is 0. The van der Waals surface area contributed by atoms with Gasteiger partial charge < -0.3 is 0 Å². The van der Waals surface area contributed by atoms with Gasteiger partial charge in [-0.15, -0.1) is 0 Å². The molecule has 0 N–H and O–H groups in total. The van der Waals surface area contributed by atoms with Gasteiger partial charge >= 0.3 is 0 Å². The first kappa shape index (κ1) is 14.3. The third-order valence-electron chi connectivity index (χ3n) is 4.38. The predicted molar refractivity (Wildman–Crippen MR) is 83.0 cm³/mol. The first-order valence-corrected chi connectivity index (χ1v) is 7.84. The quantitative estimate of drug-likeness (QED) is 0.866. The van der Waals surface area contributed by atoms with Crippen LogP contribution >= 0.6 is 0 Å². The van der Waals surface area contributed by atoms with Crippen LogP contribution in [0.4, 0.5) is 0 Å². The van der Waals surface area contributed by atoms with Gasteiger partial charge in [0.2, 0.25) is 0 Å². The SMILES string of the molecule is Cc1cc(C)n(CC2CCCCN2Cc2cnn(C)c2)n1. The number of rotatable bonds is 4. The van der Waals surface area contributed by atoms with Crippen LogP contribution in [0.5, 0.6) is 0 Å². The highest BCUT2D eigenvalue weighted by atomic mass is 15.3. The zero-order valence-electron chi connectivity index (χ0n) is 13.3. The third-order valence-corrected chi connectivity index (χ3v) is 4.38. The van der Waals surface area contributed by atoms with Gasteiger partial charge in [-0.2, -0.15) is 10.2 Å². The minimum absolute atomic E-state index is 0.581. The van der Waals surface area contributed by atoms with Crippen LogP contribution in [0, 0.1) is 13.8 Å². The standard InChI is InChI=1S/C16H25N5/c1-13-8-14(2)21(18-13)12-16-6-4-5-7-20(16)11-15-9-17-19(3)10-15/h8-10,16H,4-7,11-12H2,1-3H3. The first-order valence-electron chi connectivity index (χ1n) is 7.84. The van der Waals surface area contributed by atoms with Gasteiger partial charge in [-0.05, 0) is 39.3 Å². The molecule has 0 bridgehead atoms. The van der Waals surface area contributed by atoms with Crippen LogP contribution in [0.25, 0.3) is 0 Å². The van der Waals surface area contributed by atoms with E-state index >= 15 is 0 Å². The van der Waals surface area contributed by atoms with Crippen molar-refractivity contribution in [1.82, 2.24) is 24.5 Å². The fourth-order valence-electron chi connectivity index (χ4n) is 3.32. The van der Waals surface area contributed by atoms with E-state index in [0.717, 1.165) is 18.8 Å². The number of likely N-dealkylation sites (tertiary alicyclic amines) is 1. The van der Waals surface area contributed by atoms with Crippen LogP contribution in [0.15, 0.2) is 18.5 Å². The van der Waals surface area contributed by atoms with Crippen LogP contribution in [0.1, 0.15) is 36.2 Å². The molecule has 0 aromatic carbocycles. The van der Waals surface area contributed by atoms with Crippen molar-refractivity contribution in [3.05, 3.63) is 35.4 Å². The van der Waals surface area contributed by atoms with Gasteiger partial charge in [-0.3, -0.25) is 14.3 Å². The molecule has 1 saturated heterocycles. The maximum absolute atomic E-state index is 4.62. The Labute approximate surface area is 126 Å². The molecule has 2 aromatic rings. The van der Waals surface area contributed by atoms with E-state index in [1.165, 1.54) is 37.1 Å². The van der Waals surface area contributed by atoms with Crippen LogP contribution < -0.4 is 0 Å². The molecule has 0 amide bonds. The summed E-state index contributed by atoms with van der Waals surface area (Å²) in [6.07, 6.45) is 7.99. The maximum atomic E-state index is 4.62. The average Bonchev–Trinajstić information content (AvgIpc) is 2.98. The zero-order chi connectivity index (χ0) is 14.8. The molecule has 0 radical (unpaired) electrons. The second-order valence-corrected chi connectivity index (χ2v) is 6.25. The molecule has 3 heterocycles. The van der Waals surface area contributed by atoms with E-state index in [1.54, 1.807) is 0 Å². The molecule has 1 aliphatic heterocycles. The Balaban J connectivity index is 1.70. The summed E-state index contributed by atoms with van der Waals surface area (Å²) in [5.41, 5.74) is 3.68. The van der Waals surface area contributed by atoms with E-state index in [-0.39, 0.29) is 0 Å². The monoisotopic (exact) mass is 287 g/mol. The van der Waals surface area contributed by atoms with Crippen LogP contribution in [0.2, 0.25) is 0 Å². The topological polar surface area (TPSA) is 38.9 Å². The first-order chi connectivity index (χ1) is 10.1. The van der Waals surface area contributed by atoms with Gasteiger partial charge in [-0.1, -0.05) is 6.42 Å². The lowest BCUT2D eigenvalue weighted by Crippen LogP contribution is -2.41. The summed E-state index contributed by atoms with van der Waals surface area (Å²) in [5, 5.41) is 8.90. The minimum Gasteiger partial charge on any atom is -0.294 e. The highest BCUT2D eigenvalue weighted by Gasteiger charge is 2.24. The van der Waals surface area contributed by atoms with Crippen molar-refractivity contribution in [2.45, 2.75) is 52.2 Å². The molecule has 5 nitrogen and oxygen atoms in total. The lowest BCUT2D eigenvalue weighted by atomic mass is 10.0. The van der Waals surface area contributed by atoms with Gasteiger partial charge in [0.15, 0.2) is 0 Å². The lowest BCUT2D eigenvalue weighted by Gasteiger charge is -2.35. The fourth-order valence-corrected chi connectivity index (χ4v) is 3.32. The molecule has 0 saturated carbocycles. The van der Waals surface area contributed by atoms with Crippen LogP contribution in [-0.2, 0) is 20.1 Å². The van der Waals surface area contributed by atoms with Gasteiger partial charge in [-0.25, -0.2) is 0 Å². The molecular formula is C16H25N5. The minimum atomic E-state index is 0.581. The Morgan fingerprint density at radius 2 is 2.14 bits per heavy atom. The fraction of sp³-hybridized carbons (Fsp3) is 0.625. The molecule has 1 fully saturated rings. The molecule has 1 unspecified atom stereocenters. The third kappa shape index (κ3) is 3.35. The van der Waals surface area contributed by atoms with E-state index in [0.29, 0.717) is 6.04 Å². The summed E-state index contributed by atoms with van der Waals surface area (Å²) < 4.78 is 4.05. The smallest absolute Gasteiger partial charge is 0.0596 e. The predicted octanol–water partition coefficient (Wildman–Crippen LogP) is 2.29. The number of nitrogens with zero attached hydrogens (tertiary/aromatic N) is 5. The zero-order valence-corrected chi connectivity index (χ0v) is 13.3. The molecule has 1 aliphatic rings. The maximum Gasteiger partial charge on any atom is 0.0596 e. The van der Waals surface area contributed by atoms with Gasteiger partial charge in [0.1, 0.15) is 0 Å². The molecule has 1 atom stereocenters. The van der Waals surface area contributed by atoms with Crippen LogP contribution in [0.3, 0.4) is 0 Å². The Kier molecular flexibility index (Phi) is 4.10. The van der Waals surface area contributed by atoms with Crippen molar-refractivity contribution in [3.8, 4) is 0 Å². The van der Waals surface area contributed by atoms with Crippen LogP contribution in [-0.4, -0.2) is 37.0 Å². The summed E-state index contributed by atoms with van der Waals surface area (Å²) in [6.45, 7) is 7.39. The molecule has 5 heteroatoms. The molecule has 0 spiro atoms. The number of hydrogen-bond acceptors (Lipinski definition) is 3. The Morgan fingerprint density at radius 3 is 2.81 bits per heavy atom. The molecule has 0 aliphatic carbocycles. The van der Waals surface area contributed by atoms with Gasteiger partial charge in [0.25, 0.3) is 0 Å². The van der Waals surface area contributed by atoms with Crippen molar-refractivity contribution in [3.63, 3.8) is 0 Å². The highest BCUT2D eigenvalue weighted by Crippen LogP contribution is 2.21. The highest BCUT2D eigenvalue weighted by molar-refractivity contribution is 5.07. The van der Waals surface area contributed by atoms with E-state index in [9.17, 15) is 0 Å². The van der Waals surface area contributed by atoms with Crippen molar-refractivity contribution < 1.29 is 0 Å². The molecule has 114 valence electrons. The number of piperidine rings is 1. The summed E-state index contributed by atoms with van der Waals surface area (Å²) in [7, 11) is 1.98. The summed E-state index contributed by atoms with van der Waals surface area (Å²) in [6, 6.07) is 2.74. The second-order valence-electron chi connectivity index (χ2n) is 6.25. The molecule has 3 rings (SSSR count). The largest absolute Gasteiger partial charge is 0.294 e. The van der Waals surface area contributed by atoms with E-state index in [2.05, 4.69) is 45.9 Å². The van der Waals surface area contributed by atoms with Gasteiger partial charge in [0, 0.05) is 37.1 Å².